The van der Waals surface area contributed by atoms with Gasteiger partial charge in [-0.05, 0) is 44.1 Å². The summed E-state index contributed by atoms with van der Waals surface area (Å²) in [7, 11) is 1.67. The maximum atomic E-state index is 13.1. The van der Waals surface area contributed by atoms with Crippen molar-refractivity contribution in [1.29, 1.82) is 0 Å². The number of benzene rings is 1. The Kier molecular flexibility index (Phi) is 9.96. The molecule has 2 heterocycles. The average Bonchev–Trinajstić information content (AvgIpc) is 2.82. The largest absolute Gasteiger partial charge is 0.385 e. The van der Waals surface area contributed by atoms with Gasteiger partial charge in [-0.1, -0.05) is 30.3 Å². The van der Waals surface area contributed by atoms with Gasteiger partial charge in [0.25, 0.3) is 0 Å². The van der Waals surface area contributed by atoms with Gasteiger partial charge < -0.3 is 15.0 Å². The van der Waals surface area contributed by atoms with Gasteiger partial charge in [0, 0.05) is 59.5 Å². The molecule has 0 spiro atoms. The van der Waals surface area contributed by atoms with Gasteiger partial charge in [-0.15, -0.1) is 0 Å². The summed E-state index contributed by atoms with van der Waals surface area (Å²) in [6.45, 7) is 8.81. The molecule has 1 aromatic carbocycles. The van der Waals surface area contributed by atoms with Crippen LogP contribution in [0.1, 0.15) is 31.7 Å². The molecule has 1 aromatic rings. The summed E-state index contributed by atoms with van der Waals surface area (Å²) < 4.78 is 5.00. The van der Waals surface area contributed by atoms with Crippen molar-refractivity contribution in [2.24, 2.45) is 5.92 Å². The fourth-order valence-electron chi connectivity index (χ4n) is 4.74. The molecule has 0 bridgehead atoms. The maximum absolute atomic E-state index is 13.1. The van der Waals surface area contributed by atoms with Gasteiger partial charge in [0.05, 0.1) is 12.6 Å². The van der Waals surface area contributed by atoms with Crippen LogP contribution in [-0.4, -0.2) is 98.6 Å². The number of nitrogens with one attached hydrogen (secondary N) is 1. The van der Waals surface area contributed by atoms with Crippen LogP contribution in [0, 0.1) is 5.92 Å². The highest BCUT2D eigenvalue weighted by Gasteiger charge is 2.31. The molecule has 32 heavy (non-hydrogen) atoms. The van der Waals surface area contributed by atoms with E-state index in [1.165, 1.54) is 5.56 Å². The first kappa shape index (κ1) is 24.7. The highest BCUT2D eigenvalue weighted by Crippen LogP contribution is 2.23. The van der Waals surface area contributed by atoms with E-state index in [0.717, 1.165) is 65.0 Å². The van der Waals surface area contributed by atoms with E-state index >= 15 is 0 Å². The van der Waals surface area contributed by atoms with Gasteiger partial charge in [-0.2, -0.15) is 0 Å². The molecular weight excluding hydrogens is 404 g/mol. The van der Waals surface area contributed by atoms with Crippen molar-refractivity contribution in [3.8, 4) is 0 Å². The Morgan fingerprint density at radius 2 is 1.75 bits per heavy atom. The van der Waals surface area contributed by atoms with Crippen molar-refractivity contribution in [1.82, 2.24) is 20.0 Å². The molecular formula is C25H40N4O3. The molecule has 2 fully saturated rings. The van der Waals surface area contributed by atoms with Crippen LogP contribution in [0.25, 0.3) is 0 Å². The Hall–Kier alpha value is -1.96. The molecule has 0 radical (unpaired) electrons. The lowest BCUT2D eigenvalue weighted by Crippen LogP contribution is -2.56. The Morgan fingerprint density at radius 1 is 1.06 bits per heavy atom. The van der Waals surface area contributed by atoms with Crippen LogP contribution in [-0.2, 0) is 20.7 Å². The minimum absolute atomic E-state index is 0.0667. The molecule has 0 aliphatic carbocycles. The van der Waals surface area contributed by atoms with Gasteiger partial charge in [0.15, 0.2) is 0 Å². The number of carbonyl (C=O) groups is 2. The molecule has 2 amide bonds. The first-order valence-corrected chi connectivity index (χ1v) is 12.1. The predicted octanol–water partition coefficient (Wildman–Crippen LogP) is 1.63. The Bertz CT molecular complexity index is 698. The molecule has 1 unspecified atom stereocenters. The summed E-state index contributed by atoms with van der Waals surface area (Å²) in [6, 6.07) is 10.6. The SMILES string of the molecule is COCCCNC(=O)CN1CCN(C(C)C(=O)N2CCC(Cc3ccccc3)CC2)CC1. The number of hydrogen-bond acceptors (Lipinski definition) is 5. The van der Waals surface area contributed by atoms with Gasteiger partial charge in [-0.25, -0.2) is 0 Å². The monoisotopic (exact) mass is 444 g/mol. The lowest BCUT2D eigenvalue weighted by atomic mass is 9.90. The third-order valence-corrected chi connectivity index (χ3v) is 6.82. The summed E-state index contributed by atoms with van der Waals surface area (Å²) >= 11 is 0. The van der Waals surface area contributed by atoms with E-state index in [1.807, 2.05) is 6.92 Å². The van der Waals surface area contributed by atoms with Crippen LogP contribution < -0.4 is 5.32 Å². The molecule has 1 N–H and O–H groups in total. The van der Waals surface area contributed by atoms with Gasteiger partial charge in [0.2, 0.25) is 11.8 Å². The van der Waals surface area contributed by atoms with E-state index in [2.05, 4.69) is 50.3 Å². The minimum Gasteiger partial charge on any atom is -0.385 e. The van der Waals surface area contributed by atoms with Crippen molar-refractivity contribution in [2.45, 2.75) is 38.6 Å². The fourth-order valence-corrected chi connectivity index (χ4v) is 4.74. The highest BCUT2D eigenvalue weighted by atomic mass is 16.5. The molecule has 2 saturated heterocycles. The Morgan fingerprint density at radius 3 is 2.41 bits per heavy atom. The van der Waals surface area contributed by atoms with E-state index in [9.17, 15) is 9.59 Å². The third-order valence-electron chi connectivity index (χ3n) is 6.82. The zero-order chi connectivity index (χ0) is 22.8. The Balaban J connectivity index is 1.34. The van der Waals surface area contributed by atoms with Crippen molar-refractivity contribution < 1.29 is 14.3 Å². The average molecular weight is 445 g/mol. The van der Waals surface area contributed by atoms with E-state index in [-0.39, 0.29) is 17.9 Å². The fraction of sp³-hybridized carbons (Fsp3) is 0.680. The second-order valence-electron chi connectivity index (χ2n) is 9.14. The van der Waals surface area contributed by atoms with Crippen LogP contribution in [0.5, 0.6) is 0 Å². The Labute approximate surface area is 193 Å². The number of piperazine rings is 1. The second kappa shape index (κ2) is 12.9. The lowest BCUT2D eigenvalue weighted by Gasteiger charge is -2.40. The molecule has 0 saturated carbocycles. The first-order chi connectivity index (χ1) is 15.6. The van der Waals surface area contributed by atoms with E-state index in [4.69, 9.17) is 4.74 Å². The van der Waals surface area contributed by atoms with E-state index in [1.54, 1.807) is 7.11 Å². The summed E-state index contributed by atoms with van der Waals surface area (Å²) in [5.41, 5.74) is 1.40. The summed E-state index contributed by atoms with van der Waals surface area (Å²) in [6.07, 6.45) is 4.11. The van der Waals surface area contributed by atoms with Crippen LogP contribution >= 0.6 is 0 Å². The van der Waals surface area contributed by atoms with E-state index in [0.29, 0.717) is 25.6 Å². The maximum Gasteiger partial charge on any atom is 0.239 e. The van der Waals surface area contributed by atoms with Crippen LogP contribution in [0.2, 0.25) is 0 Å². The number of methoxy groups -OCH3 is 1. The normalized spacial score (nSPS) is 19.6. The summed E-state index contributed by atoms with van der Waals surface area (Å²) in [5, 5.41) is 2.94. The minimum atomic E-state index is -0.0920. The second-order valence-corrected chi connectivity index (χ2v) is 9.14. The highest BCUT2D eigenvalue weighted by molar-refractivity contribution is 5.81. The standard InChI is InChI=1S/C25H40N4O3/c1-21(28-16-14-27(15-17-28)20-24(30)26-11-6-18-32-2)25(31)29-12-9-23(10-13-29)19-22-7-4-3-5-8-22/h3-5,7-8,21,23H,6,9-20H2,1-2H3,(H,26,30). The van der Waals surface area contributed by atoms with Gasteiger partial charge in [0.1, 0.15) is 0 Å². The number of ether oxygens (including phenoxy) is 1. The zero-order valence-electron chi connectivity index (χ0n) is 19.8. The molecule has 0 aromatic heterocycles. The van der Waals surface area contributed by atoms with E-state index < -0.39 is 0 Å². The molecule has 3 rings (SSSR count). The third kappa shape index (κ3) is 7.57. The lowest BCUT2D eigenvalue weighted by molar-refractivity contribution is -0.139. The number of carbonyl (C=O) groups excluding carboxylic acids is 2. The van der Waals surface area contributed by atoms with Crippen LogP contribution in [0.4, 0.5) is 0 Å². The zero-order valence-corrected chi connectivity index (χ0v) is 19.8. The van der Waals surface area contributed by atoms with Crippen molar-refractivity contribution in [3.63, 3.8) is 0 Å². The molecule has 7 nitrogen and oxygen atoms in total. The van der Waals surface area contributed by atoms with Gasteiger partial charge in [-0.3, -0.25) is 19.4 Å². The number of likely N-dealkylation sites (tertiary alicyclic amines) is 1. The quantitative estimate of drug-likeness (QED) is 0.556. The summed E-state index contributed by atoms with van der Waals surface area (Å²) in [4.78, 5) is 31.7. The number of nitrogens with zero attached hydrogens (tertiary/aromatic N) is 3. The van der Waals surface area contributed by atoms with Crippen molar-refractivity contribution in [3.05, 3.63) is 35.9 Å². The molecule has 1 atom stereocenters. The first-order valence-electron chi connectivity index (χ1n) is 12.1. The summed E-state index contributed by atoms with van der Waals surface area (Å²) in [5.74, 6) is 0.991. The molecule has 2 aliphatic rings. The number of piperidine rings is 1. The molecule has 2 aliphatic heterocycles. The number of rotatable bonds is 10. The topological polar surface area (TPSA) is 65.1 Å². The smallest absolute Gasteiger partial charge is 0.239 e. The predicted molar refractivity (Wildman–Crippen MR) is 126 cm³/mol. The molecule has 178 valence electrons. The number of amides is 2. The van der Waals surface area contributed by atoms with Gasteiger partial charge >= 0.3 is 0 Å². The number of hydrogen-bond donors (Lipinski definition) is 1. The van der Waals surface area contributed by atoms with Crippen LogP contribution in [0.15, 0.2) is 30.3 Å². The van der Waals surface area contributed by atoms with Crippen molar-refractivity contribution >= 4 is 11.8 Å². The molecule has 7 heteroatoms. The van der Waals surface area contributed by atoms with Crippen LogP contribution in [0.3, 0.4) is 0 Å². The van der Waals surface area contributed by atoms with Crippen molar-refractivity contribution in [2.75, 3.05) is 66.1 Å².